The Hall–Kier alpha value is -4.12. The number of amides is 1. The lowest BCUT2D eigenvalue weighted by Gasteiger charge is -2.12. The zero-order chi connectivity index (χ0) is 26.9. The Labute approximate surface area is 214 Å². The monoisotopic (exact) mass is 532 g/mol. The van der Waals surface area contributed by atoms with Crippen molar-refractivity contribution >= 4 is 39.9 Å². The van der Waals surface area contributed by atoms with Crippen LogP contribution in [0.1, 0.15) is 27.3 Å². The maximum absolute atomic E-state index is 13.3. The van der Waals surface area contributed by atoms with Crippen molar-refractivity contribution < 1.29 is 32.2 Å². The third-order valence-electron chi connectivity index (χ3n) is 5.72. The Morgan fingerprint density at radius 1 is 1.08 bits per heavy atom. The standard InChI is InChI=1S/C25H20ClF3N4O4/c1-13-22(23(34)24(35)32-15-6-7-30-21(9-15)37-3)17-10-16(36-2)4-5-20(17)33(13)12-19-18(26)8-14(11-31-19)25(27,28)29/h4-11H,12H2,1-3H3,(H,30,32,35). The average Bonchev–Trinajstić information content (AvgIpc) is 3.14. The minimum Gasteiger partial charge on any atom is -0.497 e. The zero-order valence-electron chi connectivity index (χ0n) is 19.8. The number of nitrogens with zero attached hydrogens (tertiary/aromatic N) is 3. The molecule has 1 amide bonds. The summed E-state index contributed by atoms with van der Waals surface area (Å²) in [5.74, 6) is -1.02. The van der Waals surface area contributed by atoms with E-state index >= 15 is 0 Å². The van der Waals surface area contributed by atoms with Crippen molar-refractivity contribution in [2.45, 2.75) is 19.6 Å². The fourth-order valence-electron chi connectivity index (χ4n) is 3.87. The predicted octanol–water partition coefficient (Wildman–Crippen LogP) is 5.30. The van der Waals surface area contributed by atoms with E-state index in [1.54, 1.807) is 29.7 Å². The number of alkyl halides is 3. The molecule has 8 nitrogen and oxygen atoms in total. The molecule has 37 heavy (non-hydrogen) atoms. The van der Waals surface area contributed by atoms with Crippen LogP contribution in [0.2, 0.25) is 5.02 Å². The molecule has 0 saturated carbocycles. The van der Waals surface area contributed by atoms with Crippen LogP contribution in [0, 0.1) is 6.92 Å². The Bertz CT molecular complexity index is 1520. The molecule has 0 unspecified atom stereocenters. The van der Waals surface area contributed by atoms with E-state index in [1.165, 1.54) is 32.5 Å². The largest absolute Gasteiger partial charge is 0.497 e. The number of rotatable bonds is 7. The second-order valence-electron chi connectivity index (χ2n) is 7.95. The topological polar surface area (TPSA) is 95.3 Å². The normalized spacial score (nSPS) is 11.4. The molecule has 12 heteroatoms. The van der Waals surface area contributed by atoms with E-state index in [0.29, 0.717) is 34.2 Å². The van der Waals surface area contributed by atoms with Gasteiger partial charge in [0.05, 0.1) is 42.6 Å². The Morgan fingerprint density at radius 3 is 2.49 bits per heavy atom. The van der Waals surface area contributed by atoms with Crippen LogP contribution in [-0.2, 0) is 17.5 Å². The number of pyridine rings is 2. The average molecular weight is 533 g/mol. The molecule has 1 aromatic carbocycles. The molecule has 4 rings (SSSR count). The summed E-state index contributed by atoms with van der Waals surface area (Å²) in [4.78, 5) is 34.1. The maximum Gasteiger partial charge on any atom is 0.417 e. The molecule has 0 bridgehead atoms. The van der Waals surface area contributed by atoms with Gasteiger partial charge in [0.15, 0.2) is 0 Å². The quantitative estimate of drug-likeness (QED) is 0.256. The highest BCUT2D eigenvalue weighted by atomic mass is 35.5. The van der Waals surface area contributed by atoms with E-state index in [1.807, 2.05) is 0 Å². The van der Waals surface area contributed by atoms with E-state index in [4.69, 9.17) is 21.1 Å². The van der Waals surface area contributed by atoms with Crippen molar-refractivity contribution in [2.75, 3.05) is 19.5 Å². The lowest BCUT2D eigenvalue weighted by atomic mass is 10.1. The van der Waals surface area contributed by atoms with Gasteiger partial charge in [-0.1, -0.05) is 11.6 Å². The number of halogens is 4. The van der Waals surface area contributed by atoms with E-state index in [2.05, 4.69) is 15.3 Å². The first-order chi connectivity index (χ1) is 17.5. The first-order valence-electron chi connectivity index (χ1n) is 10.8. The molecule has 0 atom stereocenters. The number of ketones is 1. The van der Waals surface area contributed by atoms with Gasteiger partial charge in [0.25, 0.3) is 11.7 Å². The number of methoxy groups -OCH3 is 2. The van der Waals surface area contributed by atoms with Gasteiger partial charge in [0.1, 0.15) is 5.75 Å². The second kappa shape index (κ2) is 10.1. The van der Waals surface area contributed by atoms with Crippen LogP contribution in [0.15, 0.2) is 48.8 Å². The summed E-state index contributed by atoms with van der Waals surface area (Å²) in [6.07, 6.45) is -2.47. The van der Waals surface area contributed by atoms with Gasteiger partial charge in [-0.25, -0.2) is 4.98 Å². The summed E-state index contributed by atoms with van der Waals surface area (Å²) >= 11 is 6.13. The first-order valence-corrected chi connectivity index (χ1v) is 11.2. The van der Waals surface area contributed by atoms with E-state index in [9.17, 15) is 22.8 Å². The molecule has 0 fully saturated rings. The Kier molecular flexibility index (Phi) is 7.08. The number of carbonyl (C=O) groups is 2. The molecule has 3 aromatic heterocycles. The van der Waals surface area contributed by atoms with Gasteiger partial charge in [-0.05, 0) is 37.3 Å². The molecule has 0 radical (unpaired) electrons. The van der Waals surface area contributed by atoms with Gasteiger partial charge in [0.2, 0.25) is 5.88 Å². The SMILES string of the molecule is COc1ccc2c(c1)c(C(=O)C(=O)Nc1ccnc(OC)c1)c(C)n2Cc1ncc(C(F)(F)F)cc1Cl. The summed E-state index contributed by atoms with van der Waals surface area (Å²) < 4.78 is 51.1. The summed E-state index contributed by atoms with van der Waals surface area (Å²) in [6.45, 7) is 1.59. The fourth-order valence-corrected chi connectivity index (χ4v) is 4.09. The zero-order valence-corrected chi connectivity index (χ0v) is 20.6. The number of fused-ring (bicyclic) bond motifs is 1. The van der Waals surface area contributed by atoms with Crippen LogP contribution in [-0.4, -0.2) is 40.4 Å². The molecule has 0 aliphatic heterocycles. The lowest BCUT2D eigenvalue weighted by molar-refractivity contribution is -0.137. The van der Waals surface area contributed by atoms with Crippen molar-refractivity contribution in [3.8, 4) is 11.6 Å². The minimum atomic E-state index is -4.59. The third kappa shape index (κ3) is 5.21. The summed E-state index contributed by atoms with van der Waals surface area (Å²) in [5, 5.41) is 2.78. The predicted molar refractivity (Wildman–Crippen MR) is 130 cm³/mol. The van der Waals surface area contributed by atoms with Gasteiger partial charge in [-0.2, -0.15) is 13.2 Å². The van der Waals surface area contributed by atoms with Crippen molar-refractivity contribution in [1.82, 2.24) is 14.5 Å². The summed E-state index contributed by atoms with van der Waals surface area (Å²) in [6, 6.07) is 8.72. The molecule has 1 N–H and O–H groups in total. The van der Waals surface area contributed by atoms with E-state index in [0.717, 1.165) is 6.07 Å². The van der Waals surface area contributed by atoms with Crippen LogP contribution >= 0.6 is 11.6 Å². The number of carbonyl (C=O) groups excluding carboxylic acids is 2. The van der Waals surface area contributed by atoms with Gasteiger partial charge in [-0.15, -0.1) is 0 Å². The molecule has 0 saturated heterocycles. The number of ether oxygens (including phenoxy) is 2. The number of Topliss-reactive ketones (excluding diaryl/α,β-unsaturated/α-hetero) is 1. The third-order valence-corrected chi connectivity index (χ3v) is 6.05. The lowest BCUT2D eigenvalue weighted by Crippen LogP contribution is -2.23. The number of aromatic nitrogens is 3. The van der Waals surface area contributed by atoms with Crippen molar-refractivity contribution in [2.24, 2.45) is 0 Å². The molecular weight excluding hydrogens is 513 g/mol. The van der Waals surface area contributed by atoms with Crippen LogP contribution in [0.25, 0.3) is 10.9 Å². The van der Waals surface area contributed by atoms with E-state index in [-0.39, 0.29) is 28.7 Å². The molecular formula is C25H20ClF3N4O4. The van der Waals surface area contributed by atoms with Crippen molar-refractivity contribution in [1.29, 1.82) is 0 Å². The van der Waals surface area contributed by atoms with Gasteiger partial charge in [-0.3, -0.25) is 14.6 Å². The minimum absolute atomic E-state index is 0.0396. The van der Waals surface area contributed by atoms with Crippen LogP contribution in [0.5, 0.6) is 11.6 Å². The number of hydrogen-bond donors (Lipinski definition) is 1. The van der Waals surface area contributed by atoms with Crippen molar-refractivity contribution in [3.05, 3.63) is 76.3 Å². The van der Waals surface area contributed by atoms with E-state index < -0.39 is 23.4 Å². The molecule has 3 heterocycles. The molecule has 0 spiro atoms. The molecule has 0 aliphatic rings. The van der Waals surface area contributed by atoms with Crippen LogP contribution < -0.4 is 14.8 Å². The van der Waals surface area contributed by atoms with Crippen LogP contribution in [0.3, 0.4) is 0 Å². The van der Waals surface area contributed by atoms with Crippen LogP contribution in [0.4, 0.5) is 18.9 Å². The Morgan fingerprint density at radius 2 is 1.84 bits per heavy atom. The highest BCUT2D eigenvalue weighted by Gasteiger charge is 2.32. The van der Waals surface area contributed by atoms with Crippen molar-refractivity contribution in [3.63, 3.8) is 0 Å². The number of benzene rings is 1. The molecule has 0 aliphatic carbocycles. The number of anilines is 1. The highest BCUT2D eigenvalue weighted by Crippen LogP contribution is 2.34. The maximum atomic E-state index is 13.3. The molecule has 192 valence electrons. The Balaban J connectivity index is 1.75. The van der Waals surface area contributed by atoms with Gasteiger partial charge >= 0.3 is 6.18 Å². The van der Waals surface area contributed by atoms with Gasteiger partial charge in [0, 0.05) is 40.7 Å². The summed E-state index contributed by atoms with van der Waals surface area (Å²) in [5.41, 5.74) is 0.546. The highest BCUT2D eigenvalue weighted by molar-refractivity contribution is 6.48. The smallest absolute Gasteiger partial charge is 0.417 e. The van der Waals surface area contributed by atoms with Gasteiger partial charge < -0.3 is 19.4 Å². The number of nitrogens with one attached hydrogen (secondary N) is 1. The summed E-state index contributed by atoms with van der Waals surface area (Å²) in [7, 11) is 2.88. The first kappa shape index (κ1) is 26.0. The fraction of sp³-hybridized carbons (Fsp3) is 0.200. The molecule has 4 aromatic rings. The second-order valence-corrected chi connectivity index (χ2v) is 8.36. The number of hydrogen-bond acceptors (Lipinski definition) is 6.